The third-order valence-corrected chi connectivity index (χ3v) is 4.80. The van der Waals surface area contributed by atoms with Crippen molar-refractivity contribution in [3.05, 3.63) is 41.6 Å². The molecule has 3 rings (SSSR count). The van der Waals surface area contributed by atoms with Crippen molar-refractivity contribution in [1.82, 2.24) is 14.7 Å². The van der Waals surface area contributed by atoms with Crippen molar-refractivity contribution in [1.29, 1.82) is 0 Å². The molecule has 1 saturated heterocycles. The molecule has 5 nitrogen and oxygen atoms in total. The maximum atomic E-state index is 12.4. The van der Waals surface area contributed by atoms with Crippen molar-refractivity contribution < 1.29 is 9.21 Å². The minimum absolute atomic E-state index is 0.00846. The molecule has 0 radical (unpaired) electrons. The van der Waals surface area contributed by atoms with Crippen LogP contribution in [-0.2, 0) is 0 Å². The van der Waals surface area contributed by atoms with Gasteiger partial charge in [-0.05, 0) is 42.9 Å². The first-order valence-electron chi connectivity index (χ1n) is 8.89. The molecule has 0 aromatic carbocycles. The van der Waals surface area contributed by atoms with Crippen LogP contribution in [0.1, 0.15) is 80.4 Å². The van der Waals surface area contributed by atoms with Gasteiger partial charge in [-0.15, -0.1) is 0 Å². The number of likely N-dealkylation sites (tertiary alicyclic amines) is 1. The fourth-order valence-electron chi connectivity index (χ4n) is 3.30. The number of carbonyl (C=O) groups excluding carboxylic acids is 1. The Morgan fingerprint density at radius 3 is 2.46 bits per heavy atom. The zero-order valence-electron chi connectivity index (χ0n) is 15.0. The Kier molecular flexibility index (Phi) is 4.78. The highest BCUT2D eigenvalue weighted by Gasteiger charge is 2.28. The van der Waals surface area contributed by atoms with Gasteiger partial charge >= 0.3 is 0 Å². The standard InChI is InChI=1S/C19H27N3O2/c1-13(2)16-12-17(14(3)4)22(20-16)15-7-9-21(10-8-15)19(23)18-6-5-11-24-18/h5-6,11-15H,7-10H2,1-4H3. The van der Waals surface area contributed by atoms with E-state index in [0.717, 1.165) is 31.6 Å². The van der Waals surface area contributed by atoms with E-state index in [9.17, 15) is 4.79 Å². The third kappa shape index (κ3) is 3.25. The molecule has 24 heavy (non-hydrogen) atoms. The van der Waals surface area contributed by atoms with E-state index >= 15 is 0 Å². The van der Waals surface area contributed by atoms with Crippen LogP contribution in [0.3, 0.4) is 0 Å². The van der Waals surface area contributed by atoms with Gasteiger partial charge in [-0.2, -0.15) is 5.10 Å². The summed E-state index contributed by atoms with van der Waals surface area (Å²) in [7, 11) is 0. The monoisotopic (exact) mass is 329 g/mol. The van der Waals surface area contributed by atoms with Crippen LogP contribution >= 0.6 is 0 Å². The fourth-order valence-corrected chi connectivity index (χ4v) is 3.30. The molecule has 1 aliphatic rings. The number of furan rings is 1. The molecule has 1 aliphatic heterocycles. The predicted octanol–water partition coefficient (Wildman–Crippen LogP) is 4.20. The molecule has 0 bridgehead atoms. The quantitative estimate of drug-likeness (QED) is 0.844. The Morgan fingerprint density at radius 2 is 1.92 bits per heavy atom. The van der Waals surface area contributed by atoms with Crippen LogP contribution in [0.25, 0.3) is 0 Å². The van der Waals surface area contributed by atoms with E-state index in [-0.39, 0.29) is 5.91 Å². The van der Waals surface area contributed by atoms with E-state index in [2.05, 4.69) is 38.4 Å². The SMILES string of the molecule is CC(C)c1cc(C(C)C)n(C2CCN(C(=O)c3ccco3)CC2)n1. The van der Waals surface area contributed by atoms with Gasteiger partial charge in [0.25, 0.3) is 5.91 Å². The highest BCUT2D eigenvalue weighted by molar-refractivity contribution is 5.91. The molecule has 5 heteroatoms. The highest BCUT2D eigenvalue weighted by atomic mass is 16.3. The molecule has 0 unspecified atom stereocenters. The lowest BCUT2D eigenvalue weighted by Gasteiger charge is -2.32. The molecule has 0 spiro atoms. The van der Waals surface area contributed by atoms with E-state index < -0.39 is 0 Å². The fraction of sp³-hybridized carbons (Fsp3) is 0.579. The summed E-state index contributed by atoms with van der Waals surface area (Å²) < 4.78 is 7.45. The summed E-state index contributed by atoms with van der Waals surface area (Å²) in [6, 6.07) is 6.10. The number of hydrogen-bond donors (Lipinski definition) is 0. The Hall–Kier alpha value is -2.04. The maximum absolute atomic E-state index is 12.4. The maximum Gasteiger partial charge on any atom is 0.289 e. The van der Waals surface area contributed by atoms with Crippen molar-refractivity contribution in [2.75, 3.05) is 13.1 Å². The first kappa shape index (κ1) is 16.8. The van der Waals surface area contributed by atoms with E-state index in [4.69, 9.17) is 9.52 Å². The lowest BCUT2D eigenvalue weighted by molar-refractivity contribution is 0.0656. The lowest BCUT2D eigenvalue weighted by Crippen LogP contribution is -2.39. The minimum Gasteiger partial charge on any atom is -0.459 e. The first-order chi connectivity index (χ1) is 11.5. The van der Waals surface area contributed by atoms with Crippen LogP contribution in [0, 0.1) is 0 Å². The average Bonchev–Trinajstić information content (AvgIpc) is 3.24. The largest absolute Gasteiger partial charge is 0.459 e. The molecular formula is C19H27N3O2. The number of aromatic nitrogens is 2. The normalized spacial score (nSPS) is 16.3. The third-order valence-electron chi connectivity index (χ3n) is 4.80. The van der Waals surface area contributed by atoms with Gasteiger partial charge in [0.05, 0.1) is 18.0 Å². The van der Waals surface area contributed by atoms with Crippen molar-refractivity contribution in [2.24, 2.45) is 0 Å². The number of hydrogen-bond acceptors (Lipinski definition) is 3. The van der Waals surface area contributed by atoms with E-state index in [1.807, 2.05) is 4.90 Å². The molecule has 1 fully saturated rings. The van der Waals surface area contributed by atoms with Gasteiger partial charge in [-0.3, -0.25) is 9.48 Å². The van der Waals surface area contributed by atoms with E-state index in [1.54, 1.807) is 18.4 Å². The second-order valence-electron chi connectivity index (χ2n) is 7.25. The Bertz CT molecular complexity index is 678. The zero-order valence-corrected chi connectivity index (χ0v) is 15.0. The summed E-state index contributed by atoms with van der Waals surface area (Å²) in [4.78, 5) is 14.3. The van der Waals surface area contributed by atoms with E-state index in [0.29, 0.717) is 23.6 Å². The summed E-state index contributed by atoms with van der Waals surface area (Å²) in [5, 5.41) is 4.87. The van der Waals surface area contributed by atoms with Crippen molar-refractivity contribution in [3.8, 4) is 0 Å². The minimum atomic E-state index is -0.00846. The smallest absolute Gasteiger partial charge is 0.289 e. The van der Waals surface area contributed by atoms with Crippen LogP contribution in [-0.4, -0.2) is 33.7 Å². The van der Waals surface area contributed by atoms with Gasteiger partial charge in [-0.25, -0.2) is 0 Å². The number of amides is 1. The number of carbonyl (C=O) groups is 1. The summed E-state index contributed by atoms with van der Waals surface area (Å²) >= 11 is 0. The second-order valence-corrected chi connectivity index (χ2v) is 7.25. The van der Waals surface area contributed by atoms with Crippen molar-refractivity contribution in [2.45, 2.75) is 58.4 Å². The predicted molar refractivity (Wildman–Crippen MR) is 93.3 cm³/mol. The van der Waals surface area contributed by atoms with Crippen LogP contribution in [0.15, 0.2) is 28.9 Å². The summed E-state index contributed by atoms with van der Waals surface area (Å²) in [6.07, 6.45) is 3.42. The number of nitrogens with zero attached hydrogens (tertiary/aromatic N) is 3. The molecule has 2 aromatic rings. The van der Waals surface area contributed by atoms with Crippen LogP contribution < -0.4 is 0 Å². The summed E-state index contributed by atoms with van der Waals surface area (Å²) in [5.41, 5.74) is 2.46. The topological polar surface area (TPSA) is 51.3 Å². The molecule has 0 aliphatic carbocycles. The molecule has 1 amide bonds. The van der Waals surface area contributed by atoms with Crippen LogP contribution in [0.2, 0.25) is 0 Å². The Labute approximate surface area is 143 Å². The van der Waals surface area contributed by atoms with Gasteiger partial charge in [0.1, 0.15) is 0 Å². The van der Waals surface area contributed by atoms with Crippen molar-refractivity contribution >= 4 is 5.91 Å². The second kappa shape index (κ2) is 6.83. The number of piperidine rings is 1. The van der Waals surface area contributed by atoms with E-state index in [1.165, 1.54) is 5.69 Å². The summed E-state index contributed by atoms with van der Waals surface area (Å²) in [6.45, 7) is 10.3. The van der Waals surface area contributed by atoms with Crippen LogP contribution in [0.4, 0.5) is 0 Å². The molecule has 3 heterocycles. The van der Waals surface area contributed by atoms with Crippen molar-refractivity contribution in [3.63, 3.8) is 0 Å². The van der Waals surface area contributed by atoms with Gasteiger partial charge in [0.2, 0.25) is 0 Å². The molecular weight excluding hydrogens is 302 g/mol. The lowest BCUT2D eigenvalue weighted by atomic mass is 10.0. The van der Waals surface area contributed by atoms with Crippen LogP contribution in [0.5, 0.6) is 0 Å². The first-order valence-corrected chi connectivity index (χ1v) is 8.89. The molecule has 0 atom stereocenters. The average molecular weight is 329 g/mol. The van der Waals surface area contributed by atoms with Gasteiger partial charge < -0.3 is 9.32 Å². The Morgan fingerprint density at radius 1 is 1.21 bits per heavy atom. The summed E-state index contributed by atoms with van der Waals surface area (Å²) in [5.74, 6) is 1.31. The highest BCUT2D eigenvalue weighted by Crippen LogP contribution is 2.29. The molecule has 2 aromatic heterocycles. The van der Waals surface area contributed by atoms with Gasteiger partial charge in [0.15, 0.2) is 5.76 Å². The molecule has 130 valence electrons. The zero-order chi connectivity index (χ0) is 17.3. The molecule has 0 N–H and O–H groups in total. The Balaban J connectivity index is 1.71. The van der Waals surface area contributed by atoms with Gasteiger partial charge in [0, 0.05) is 18.8 Å². The molecule has 0 saturated carbocycles. The van der Waals surface area contributed by atoms with Gasteiger partial charge in [-0.1, -0.05) is 27.7 Å². The number of rotatable bonds is 4.